The molecule has 0 amide bonds. The molecule has 0 bridgehead atoms. The number of aldehydes is 1. The van der Waals surface area contributed by atoms with E-state index >= 15 is 0 Å². The molecule has 14 heavy (non-hydrogen) atoms. The van der Waals surface area contributed by atoms with Gasteiger partial charge in [-0.05, 0) is 12.0 Å². The second-order valence-corrected chi connectivity index (χ2v) is 3.23. The van der Waals surface area contributed by atoms with E-state index in [1.54, 1.807) is 0 Å². The van der Waals surface area contributed by atoms with E-state index in [-0.39, 0.29) is 6.10 Å². The highest BCUT2D eigenvalue weighted by Gasteiger charge is 2.05. The van der Waals surface area contributed by atoms with Gasteiger partial charge in [0.1, 0.15) is 6.29 Å². The standard InChI is InChI=1S/C12H16O2/c1-2-12(8-9-13)14-10-11-6-4-3-5-7-11/h3-7,9,12H,2,8,10H2,1H3. The van der Waals surface area contributed by atoms with Crippen molar-refractivity contribution in [3.63, 3.8) is 0 Å². The summed E-state index contributed by atoms with van der Waals surface area (Å²) in [5.74, 6) is 0. The van der Waals surface area contributed by atoms with Crippen LogP contribution in [-0.4, -0.2) is 12.4 Å². The van der Waals surface area contributed by atoms with Gasteiger partial charge in [0.2, 0.25) is 0 Å². The number of rotatable bonds is 6. The van der Waals surface area contributed by atoms with Gasteiger partial charge in [-0.15, -0.1) is 0 Å². The van der Waals surface area contributed by atoms with Crippen molar-refractivity contribution in [1.82, 2.24) is 0 Å². The van der Waals surface area contributed by atoms with Crippen molar-refractivity contribution >= 4 is 6.29 Å². The third kappa shape index (κ3) is 3.71. The van der Waals surface area contributed by atoms with Crippen LogP contribution in [0.3, 0.4) is 0 Å². The van der Waals surface area contributed by atoms with E-state index in [0.29, 0.717) is 13.0 Å². The van der Waals surface area contributed by atoms with Gasteiger partial charge in [0.25, 0.3) is 0 Å². The monoisotopic (exact) mass is 192 g/mol. The molecular formula is C12H16O2. The average molecular weight is 192 g/mol. The lowest BCUT2D eigenvalue weighted by Gasteiger charge is -2.12. The summed E-state index contributed by atoms with van der Waals surface area (Å²) in [6.45, 7) is 2.62. The molecule has 0 N–H and O–H groups in total. The van der Waals surface area contributed by atoms with Gasteiger partial charge in [-0.25, -0.2) is 0 Å². The molecule has 0 heterocycles. The zero-order valence-electron chi connectivity index (χ0n) is 8.48. The normalized spacial score (nSPS) is 12.4. The Labute approximate surface area is 84.9 Å². The topological polar surface area (TPSA) is 26.3 Å². The first-order valence-corrected chi connectivity index (χ1v) is 4.96. The average Bonchev–Trinajstić information content (AvgIpc) is 2.25. The summed E-state index contributed by atoms with van der Waals surface area (Å²) in [5.41, 5.74) is 1.15. The zero-order valence-corrected chi connectivity index (χ0v) is 8.48. The highest BCUT2D eigenvalue weighted by Crippen LogP contribution is 2.07. The van der Waals surface area contributed by atoms with Gasteiger partial charge in [0.15, 0.2) is 0 Å². The fourth-order valence-electron chi connectivity index (χ4n) is 1.25. The Morgan fingerprint density at radius 3 is 2.64 bits per heavy atom. The summed E-state index contributed by atoms with van der Waals surface area (Å²) in [6.07, 6.45) is 2.35. The summed E-state index contributed by atoms with van der Waals surface area (Å²) in [7, 11) is 0. The summed E-state index contributed by atoms with van der Waals surface area (Å²) in [6, 6.07) is 9.99. The van der Waals surface area contributed by atoms with Crippen LogP contribution >= 0.6 is 0 Å². The van der Waals surface area contributed by atoms with E-state index in [1.807, 2.05) is 37.3 Å². The smallest absolute Gasteiger partial charge is 0.122 e. The lowest BCUT2D eigenvalue weighted by atomic mass is 10.2. The highest BCUT2D eigenvalue weighted by atomic mass is 16.5. The SMILES string of the molecule is CCC(CC=O)OCc1ccccc1. The van der Waals surface area contributed by atoms with Crippen molar-refractivity contribution in [1.29, 1.82) is 0 Å². The van der Waals surface area contributed by atoms with Crippen molar-refractivity contribution in [2.45, 2.75) is 32.5 Å². The Bertz CT molecular complexity index is 256. The van der Waals surface area contributed by atoms with Crippen LogP contribution in [0, 0.1) is 0 Å². The minimum atomic E-state index is 0.0627. The Hall–Kier alpha value is -1.15. The summed E-state index contributed by atoms with van der Waals surface area (Å²) in [4.78, 5) is 10.3. The van der Waals surface area contributed by atoms with Crippen LogP contribution in [0.5, 0.6) is 0 Å². The molecule has 1 rings (SSSR count). The molecule has 0 aliphatic carbocycles. The number of benzene rings is 1. The first-order valence-electron chi connectivity index (χ1n) is 4.96. The molecule has 2 nitrogen and oxygen atoms in total. The molecule has 2 heteroatoms. The molecule has 1 aromatic carbocycles. The van der Waals surface area contributed by atoms with Crippen LogP contribution in [-0.2, 0) is 16.1 Å². The largest absolute Gasteiger partial charge is 0.373 e. The Morgan fingerprint density at radius 2 is 2.07 bits per heavy atom. The van der Waals surface area contributed by atoms with Crippen LogP contribution < -0.4 is 0 Å². The van der Waals surface area contributed by atoms with E-state index in [4.69, 9.17) is 4.74 Å². The zero-order chi connectivity index (χ0) is 10.2. The van der Waals surface area contributed by atoms with Crippen LogP contribution in [0.2, 0.25) is 0 Å². The van der Waals surface area contributed by atoms with E-state index in [0.717, 1.165) is 18.3 Å². The molecule has 0 fully saturated rings. The predicted octanol–water partition coefficient (Wildman–Crippen LogP) is 2.57. The van der Waals surface area contributed by atoms with Gasteiger partial charge in [-0.2, -0.15) is 0 Å². The van der Waals surface area contributed by atoms with Crippen LogP contribution in [0.4, 0.5) is 0 Å². The Kier molecular flexibility index (Phi) is 4.94. The highest BCUT2D eigenvalue weighted by molar-refractivity contribution is 5.50. The number of carbonyl (C=O) groups is 1. The van der Waals surface area contributed by atoms with E-state index in [2.05, 4.69) is 0 Å². The van der Waals surface area contributed by atoms with Crippen molar-refractivity contribution in [2.24, 2.45) is 0 Å². The van der Waals surface area contributed by atoms with Gasteiger partial charge in [-0.3, -0.25) is 0 Å². The third-order valence-corrected chi connectivity index (χ3v) is 2.14. The molecule has 0 saturated heterocycles. The summed E-state index contributed by atoms with van der Waals surface area (Å²) in [5, 5.41) is 0. The van der Waals surface area contributed by atoms with Gasteiger partial charge in [-0.1, -0.05) is 37.3 Å². The summed E-state index contributed by atoms with van der Waals surface area (Å²) >= 11 is 0. The van der Waals surface area contributed by atoms with Crippen LogP contribution in [0.1, 0.15) is 25.3 Å². The maximum absolute atomic E-state index is 10.3. The van der Waals surface area contributed by atoms with Crippen LogP contribution in [0.15, 0.2) is 30.3 Å². The van der Waals surface area contributed by atoms with Crippen molar-refractivity contribution in [2.75, 3.05) is 0 Å². The number of hydrogen-bond donors (Lipinski definition) is 0. The van der Waals surface area contributed by atoms with Gasteiger partial charge in [0.05, 0.1) is 12.7 Å². The Morgan fingerprint density at radius 1 is 1.36 bits per heavy atom. The molecule has 1 atom stereocenters. The van der Waals surface area contributed by atoms with Gasteiger partial charge < -0.3 is 9.53 Å². The number of carbonyl (C=O) groups excluding carboxylic acids is 1. The molecule has 0 aliphatic heterocycles. The fraction of sp³-hybridized carbons (Fsp3) is 0.417. The molecule has 0 radical (unpaired) electrons. The molecule has 76 valence electrons. The quantitative estimate of drug-likeness (QED) is 0.647. The molecule has 0 aromatic heterocycles. The molecule has 1 aromatic rings. The minimum Gasteiger partial charge on any atom is -0.373 e. The predicted molar refractivity (Wildman–Crippen MR) is 56.0 cm³/mol. The lowest BCUT2D eigenvalue weighted by Crippen LogP contribution is -2.11. The Balaban J connectivity index is 2.35. The molecule has 0 saturated carbocycles. The van der Waals surface area contributed by atoms with Crippen LogP contribution in [0.25, 0.3) is 0 Å². The lowest BCUT2D eigenvalue weighted by molar-refractivity contribution is -0.110. The maximum atomic E-state index is 10.3. The molecule has 0 aliphatic rings. The number of hydrogen-bond acceptors (Lipinski definition) is 2. The fourth-order valence-corrected chi connectivity index (χ4v) is 1.25. The summed E-state index contributed by atoms with van der Waals surface area (Å²) < 4.78 is 5.59. The first kappa shape index (κ1) is 10.9. The molecule has 0 spiro atoms. The molecular weight excluding hydrogens is 176 g/mol. The second-order valence-electron chi connectivity index (χ2n) is 3.23. The van der Waals surface area contributed by atoms with Gasteiger partial charge >= 0.3 is 0 Å². The maximum Gasteiger partial charge on any atom is 0.122 e. The minimum absolute atomic E-state index is 0.0627. The van der Waals surface area contributed by atoms with Crippen molar-refractivity contribution < 1.29 is 9.53 Å². The van der Waals surface area contributed by atoms with E-state index in [9.17, 15) is 4.79 Å². The number of ether oxygens (including phenoxy) is 1. The first-order chi connectivity index (χ1) is 6.86. The van der Waals surface area contributed by atoms with E-state index < -0.39 is 0 Å². The van der Waals surface area contributed by atoms with Gasteiger partial charge in [0, 0.05) is 6.42 Å². The van der Waals surface area contributed by atoms with E-state index in [1.165, 1.54) is 0 Å². The van der Waals surface area contributed by atoms with Crippen molar-refractivity contribution in [3.8, 4) is 0 Å². The third-order valence-electron chi connectivity index (χ3n) is 2.14. The van der Waals surface area contributed by atoms with Crippen molar-refractivity contribution in [3.05, 3.63) is 35.9 Å². The molecule has 1 unspecified atom stereocenters. The second kappa shape index (κ2) is 6.33.